The molecule has 1 amide bonds. The van der Waals surface area contributed by atoms with Crippen LogP contribution in [0.1, 0.15) is 23.8 Å². The molecule has 8 heteroatoms. The summed E-state index contributed by atoms with van der Waals surface area (Å²) in [5.41, 5.74) is 1.58. The van der Waals surface area contributed by atoms with Crippen LogP contribution in [0.5, 0.6) is 0 Å². The highest BCUT2D eigenvalue weighted by Gasteiger charge is 2.12. The minimum Gasteiger partial charge on any atom is -0.296 e. The minimum absolute atomic E-state index is 0.182. The number of nitrogens with zero attached hydrogens (tertiary/aromatic N) is 4. The summed E-state index contributed by atoms with van der Waals surface area (Å²) < 4.78 is 1.29. The zero-order valence-corrected chi connectivity index (χ0v) is 13.8. The van der Waals surface area contributed by atoms with Crippen LogP contribution in [0.25, 0.3) is 11.3 Å². The molecule has 0 aromatic carbocycles. The van der Waals surface area contributed by atoms with Crippen LogP contribution in [0.2, 0.25) is 0 Å². The standard InChI is InChI=1S/C16H15N5O2S/c1-2-8-21-14(22)6-5-12(20-21)15(23)19-16-18-13(10-24-16)11-4-3-7-17-9-11/h3-7,9-10H,2,8H2,1H3,(H,18,19,23). The van der Waals surface area contributed by atoms with Gasteiger partial charge in [0.1, 0.15) is 5.69 Å². The minimum atomic E-state index is -0.396. The maximum absolute atomic E-state index is 12.3. The van der Waals surface area contributed by atoms with Gasteiger partial charge in [0.2, 0.25) is 0 Å². The van der Waals surface area contributed by atoms with Crippen molar-refractivity contribution in [2.45, 2.75) is 19.9 Å². The van der Waals surface area contributed by atoms with Crippen molar-refractivity contribution in [3.8, 4) is 11.3 Å². The molecular weight excluding hydrogens is 326 g/mol. The number of aromatic nitrogens is 4. The van der Waals surface area contributed by atoms with E-state index in [0.717, 1.165) is 17.7 Å². The van der Waals surface area contributed by atoms with Gasteiger partial charge in [-0.05, 0) is 24.6 Å². The van der Waals surface area contributed by atoms with Gasteiger partial charge in [-0.3, -0.25) is 19.9 Å². The van der Waals surface area contributed by atoms with Crippen LogP contribution < -0.4 is 10.9 Å². The Kier molecular flexibility index (Phi) is 4.76. The van der Waals surface area contributed by atoms with E-state index in [2.05, 4.69) is 20.4 Å². The van der Waals surface area contributed by atoms with Gasteiger partial charge in [0.05, 0.1) is 5.69 Å². The van der Waals surface area contributed by atoms with Crippen molar-refractivity contribution >= 4 is 22.4 Å². The van der Waals surface area contributed by atoms with Crippen LogP contribution in [-0.4, -0.2) is 25.7 Å². The van der Waals surface area contributed by atoms with Crippen molar-refractivity contribution in [1.82, 2.24) is 19.7 Å². The molecule has 0 aliphatic carbocycles. The third-order valence-electron chi connectivity index (χ3n) is 3.22. The molecule has 3 heterocycles. The van der Waals surface area contributed by atoms with Gasteiger partial charge in [0.25, 0.3) is 11.5 Å². The molecule has 1 N–H and O–H groups in total. The first-order valence-electron chi connectivity index (χ1n) is 7.43. The zero-order valence-electron chi connectivity index (χ0n) is 13.0. The van der Waals surface area contributed by atoms with E-state index in [-0.39, 0.29) is 11.3 Å². The average molecular weight is 341 g/mol. The lowest BCUT2D eigenvalue weighted by Gasteiger charge is -2.05. The quantitative estimate of drug-likeness (QED) is 0.770. The van der Waals surface area contributed by atoms with E-state index >= 15 is 0 Å². The van der Waals surface area contributed by atoms with Gasteiger partial charge in [0, 0.05) is 35.9 Å². The molecular formula is C16H15N5O2S. The molecule has 7 nitrogen and oxygen atoms in total. The Morgan fingerprint density at radius 2 is 2.21 bits per heavy atom. The van der Waals surface area contributed by atoms with Crippen molar-refractivity contribution in [2.24, 2.45) is 0 Å². The Hall–Kier alpha value is -2.87. The lowest BCUT2D eigenvalue weighted by atomic mass is 10.2. The number of hydrogen-bond donors (Lipinski definition) is 1. The van der Waals surface area contributed by atoms with Gasteiger partial charge in [-0.2, -0.15) is 5.10 Å². The lowest BCUT2D eigenvalue weighted by molar-refractivity contribution is 0.101. The molecule has 24 heavy (non-hydrogen) atoms. The van der Waals surface area contributed by atoms with Gasteiger partial charge < -0.3 is 0 Å². The number of nitrogens with one attached hydrogen (secondary N) is 1. The summed E-state index contributed by atoms with van der Waals surface area (Å²) >= 11 is 1.32. The second-order valence-corrected chi connectivity index (χ2v) is 5.87. The van der Waals surface area contributed by atoms with Gasteiger partial charge in [-0.15, -0.1) is 11.3 Å². The summed E-state index contributed by atoms with van der Waals surface area (Å²) in [6.45, 7) is 2.42. The Labute approximate surface area is 142 Å². The number of carbonyl (C=O) groups is 1. The second-order valence-electron chi connectivity index (χ2n) is 5.01. The number of carbonyl (C=O) groups excluding carboxylic acids is 1. The third-order valence-corrected chi connectivity index (χ3v) is 3.97. The first kappa shape index (κ1) is 16.0. The zero-order chi connectivity index (χ0) is 16.9. The highest BCUT2D eigenvalue weighted by atomic mass is 32.1. The molecule has 3 rings (SSSR count). The molecule has 3 aromatic rings. The number of aryl methyl sites for hydroxylation is 1. The summed E-state index contributed by atoms with van der Waals surface area (Å²) in [7, 11) is 0. The molecule has 0 fully saturated rings. The summed E-state index contributed by atoms with van der Waals surface area (Å²) in [4.78, 5) is 32.4. The number of hydrogen-bond acceptors (Lipinski definition) is 6. The van der Waals surface area contributed by atoms with E-state index in [9.17, 15) is 9.59 Å². The van der Waals surface area contributed by atoms with Crippen molar-refractivity contribution in [3.63, 3.8) is 0 Å². The van der Waals surface area contributed by atoms with Crippen LogP contribution in [0, 0.1) is 0 Å². The topological polar surface area (TPSA) is 89.8 Å². The summed E-state index contributed by atoms with van der Waals surface area (Å²) in [5, 5.41) is 9.10. The average Bonchev–Trinajstić information content (AvgIpc) is 3.06. The predicted octanol–water partition coefficient (Wildman–Crippen LogP) is 2.42. The van der Waals surface area contributed by atoms with Gasteiger partial charge in [-0.1, -0.05) is 6.92 Å². The summed E-state index contributed by atoms with van der Waals surface area (Å²) in [5.74, 6) is -0.396. The van der Waals surface area contributed by atoms with Crippen LogP contribution in [-0.2, 0) is 6.54 Å². The summed E-state index contributed by atoms with van der Waals surface area (Å²) in [6, 6.07) is 6.49. The molecule has 0 saturated carbocycles. The molecule has 0 spiro atoms. The Morgan fingerprint density at radius 3 is 2.96 bits per heavy atom. The van der Waals surface area contributed by atoms with Crippen LogP contribution >= 0.6 is 11.3 Å². The fraction of sp³-hybridized carbons (Fsp3) is 0.188. The van der Waals surface area contributed by atoms with Gasteiger partial charge >= 0.3 is 0 Å². The Balaban J connectivity index is 1.77. The van der Waals surface area contributed by atoms with E-state index in [1.165, 1.54) is 28.2 Å². The molecule has 0 aliphatic rings. The number of amides is 1. The first-order chi connectivity index (χ1) is 11.7. The third kappa shape index (κ3) is 3.54. The van der Waals surface area contributed by atoms with Crippen molar-refractivity contribution in [2.75, 3.05) is 5.32 Å². The number of anilines is 1. The molecule has 0 atom stereocenters. The molecule has 0 bridgehead atoms. The first-order valence-corrected chi connectivity index (χ1v) is 8.31. The molecule has 0 unspecified atom stereocenters. The van der Waals surface area contributed by atoms with E-state index < -0.39 is 5.91 Å². The number of pyridine rings is 1. The molecule has 3 aromatic heterocycles. The fourth-order valence-corrected chi connectivity index (χ4v) is 2.80. The largest absolute Gasteiger partial charge is 0.296 e. The highest BCUT2D eigenvalue weighted by molar-refractivity contribution is 7.14. The monoisotopic (exact) mass is 341 g/mol. The maximum atomic E-state index is 12.3. The van der Waals surface area contributed by atoms with Crippen LogP contribution in [0.15, 0.2) is 46.8 Å². The number of thiazole rings is 1. The second kappa shape index (κ2) is 7.14. The molecule has 0 saturated heterocycles. The van der Waals surface area contributed by atoms with Crippen molar-refractivity contribution in [3.05, 3.63) is 58.1 Å². The van der Waals surface area contributed by atoms with Gasteiger partial charge in [-0.25, -0.2) is 9.67 Å². The van der Waals surface area contributed by atoms with E-state index in [1.54, 1.807) is 12.4 Å². The summed E-state index contributed by atoms with van der Waals surface area (Å²) in [6.07, 6.45) is 4.16. The van der Waals surface area contributed by atoms with Crippen molar-refractivity contribution in [1.29, 1.82) is 0 Å². The lowest BCUT2D eigenvalue weighted by Crippen LogP contribution is -2.26. The Bertz CT molecular complexity index is 904. The highest BCUT2D eigenvalue weighted by Crippen LogP contribution is 2.24. The predicted molar refractivity (Wildman–Crippen MR) is 92.1 cm³/mol. The smallest absolute Gasteiger partial charge is 0.277 e. The fourth-order valence-electron chi connectivity index (χ4n) is 2.08. The van der Waals surface area contributed by atoms with Gasteiger partial charge in [0.15, 0.2) is 5.13 Å². The molecule has 0 radical (unpaired) electrons. The maximum Gasteiger partial charge on any atom is 0.277 e. The van der Waals surface area contributed by atoms with E-state index in [4.69, 9.17) is 0 Å². The number of rotatable bonds is 5. The normalized spacial score (nSPS) is 10.5. The van der Waals surface area contributed by atoms with Crippen LogP contribution in [0.3, 0.4) is 0 Å². The van der Waals surface area contributed by atoms with Crippen molar-refractivity contribution < 1.29 is 4.79 Å². The molecule has 0 aliphatic heterocycles. The van der Waals surface area contributed by atoms with E-state index in [1.807, 2.05) is 24.4 Å². The molecule has 122 valence electrons. The Morgan fingerprint density at radius 1 is 1.33 bits per heavy atom. The van der Waals surface area contributed by atoms with Crippen LogP contribution in [0.4, 0.5) is 5.13 Å². The van der Waals surface area contributed by atoms with E-state index in [0.29, 0.717) is 11.7 Å². The SMILES string of the molecule is CCCn1nc(C(=O)Nc2nc(-c3cccnc3)cs2)ccc1=O.